The Bertz CT molecular complexity index is 1130. The Morgan fingerprint density at radius 2 is 2.03 bits per heavy atom. The molecular weight excluding hydrogens is 395 g/mol. The highest BCUT2D eigenvalue weighted by Gasteiger charge is 2.28. The van der Waals surface area contributed by atoms with Crippen LogP contribution in [0.4, 0.5) is 10.1 Å². The second kappa shape index (κ2) is 7.55. The molecular formula is C21H22ClFN4O2. The number of aromatic nitrogens is 2. The standard InChI is InChI=1S/C21H22ClFN4O2/c1-25-19-11-16(24)4-5-18(19)27(21(25)29)17-3-2-6-26(12-17)20(28)9-13-7-14(22)10-15(23)8-13/h4-5,7-8,10-11,17H,2-3,6,9,12,24H2,1H3/t17-/m0/s1. The maximum Gasteiger partial charge on any atom is 0.329 e. The van der Waals surface area contributed by atoms with E-state index >= 15 is 0 Å². The molecule has 1 atom stereocenters. The Hall–Kier alpha value is -2.80. The van der Waals surface area contributed by atoms with Gasteiger partial charge in [-0.15, -0.1) is 0 Å². The fraction of sp³-hybridized carbons (Fsp3) is 0.333. The van der Waals surface area contributed by atoms with Crippen LogP contribution in [0.1, 0.15) is 24.4 Å². The molecule has 2 heterocycles. The van der Waals surface area contributed by atoms with Crippen molar-refractivity contribution in [2.24, 2.45) is 7.05 Å². The highest BCUT2D eigenvalue weighted by atomic mass is 35.5. The monoisotopic (exact) mass is 416 g/mol. The van der Waals surface area contributed by atoms with Gasteiger partial charge in [0.1, 0.15) is 5.82 Å². The quantitative estimate of drug-likeness (QED) is 0.667. The lowest BCUT2D eigenvalue weighted by molar-refractivity contribution is -0.132. The van der Waals surface area contributed by atoms with Gasteiger partial charge in [-0.2, -0.15) is 0 Å². The van der Waals surface area contributed by atoms with Gasteiger partial charge in [-0.25, -0.2) is 9.18 Å². The molecule has 0 spiro atoms. The van der Waals surface area contributed by atoms with Crippen LogP contribution in [0.25, 0.3) is 11.0 Å². The van der Waals surface area contributed by atoms with Crippen molar-refractivity contribution in [3.05, 3.63) is 63.3 Å². The molecule has 1 aromatic heterocycles. The maximum atomic E-state index is 13.6. The van der Waals surface area contributed by atoms with Gasteiger partial charge in [-0.3, -0.25) is 13.9 Å². The minimum atomic E-state index is -0.460. The van der Waals surface area contributed by atoms with Gasteiger partial charge in [0, 0.05) is 30.8 Å². The lowest BCUT2D eigenvalue weighted by atomic mass is 10.0. The number of amides is 1. The molecule has 152 valence electrons. The fourth-order valence-electron chi connectivity index (χ4n) is 4.12. The van der Waals surface area contributed by atoms with Crippen molar-refractivity contribution in [1.29, 1.82) is 0 Å². The van der Waals surface area contributed by atoms with E-state index in [1.165, 1.54) is 12.1 Å². The van der Waals surface area contributed by atoms with Crippen molar-refractivity contribution in [3.8, 4) is 0 Å². The van der Waals surface area contributed by atoms with Crippen LogP contribution < -0.4 is 11.4 Å². The first-order chi connectivity index (χ1) is 13.8. The molecule has 0 unspecified atom stereocenters. The molecule has 1 fully saturated rings. The number of imidazole rings is 1. The number of likely N-dealkylation sites (tertiary alicyclic amines) is 1. The van der Waals surface area contributed by atoms with Gasteiger partial charge in [0.15, 0.2) is 0 Å². The summed E-state index contributed by atoms with van der Waals surface area (Å²) in [6.45, 7) is 1.05. The van der Waals surface area contributed by atoms with E-state index in [2.05, 4.69) is 0 Å². The Kier molecular flexibility index (Phi) is 5.08. The van der Waals surface area contributed by atoms with Gasteiger partial charge in [-0.1, -0.05) is 11.6 Å². The first-order valence-electron chi connectivity index (χ1n) is 9.52. The number of halogens is 2. The molecule has 0 saturated carbocycles. The zero-order valence-corrected chi connectivity index (χ0v) is 16.8. The largest absolute Gasteiger partial charge is 0.399 e. The number of nitrogen functional groups attached to an aromatic ring is 1. The topological polar surface area (TPSA) is 73.3 Å². The SMILES string of the molecule is Cn1c(=O)n([C@H]2CCCN(C(=O)Cc3cc(F)cc(Cl)c3)C2)c2ccc(N)cc21. The summed E-state index contributed by atoms with van der Waals surface area (Å²) in [7, 11) is 1.72. The van der Waals surface area contributed by atoms with Crippen LogP contribution in [0.15, 0.2) is 41.2 Å². The number of anilines is 1. The van der Waals surface area contributed by atoms with Gasteiger partial charge in [0.25, 0.3) is 0 Å². The maximum absolute atomic E-state index is 13.6. The van der Waals surface area contributed by atoms with Crippen LogP contribution in [-0.4, -0.2) is 33.0 Å². The number of carbonyl (C=O) groups is 1. The van der Waals surface area contributed by atoms with E-state index in [-0.39, 0.29) is 29.1 Å². The van der Waals surface area contributed by atoms with Crippen LogP contribution in [0.5, 0.6) is 0 Å². The van der Waals surface area contributed by atoms with Crippen molar-refractivity contribution >= 4 is 34.2 Å². The minimum Gasteiger partial charge on any atom is -0.399 e. The summed E-state index contributed by atoms with van der Waals surface area (Å²) in [6, 6.07) is 9.43. The molecule has 3 aromatic rings. The lowest BCUT2D eigenvalue weighted by Crippen LogP contribution is -2.43. The minimum absolute atomic E-state index is 0.0746. The average molecular weight is 417 g/mol. The molecule has 0 bridgehead atoms. The van der Waals surface area contributed by atoms with Crippen molar-refractivity contribution in [3.63, 3.8) is 0 Å². The van der Waals surface area contributed by atoms with Gasteiger partial charge in [-0.05, 0) is 54.8 Å². The Labute approximate surface area is 172 Å². The van der Waals surface area contributed by atoms with Crippen LogP contribution in [-0.2, 0) is 18.3 Å². The molecule has 1 aliphatic heterocycles. The summed E-state index contributed by atoms with van der Waals surface area (Å²) < 4.78 is 16.9. The number of fused-ring (bicyclic) bond motifs is 1. The van der Waals surface area contributed by atoms with Crippen molar-refractivity contribution in [2.45, 2.75) is 25.3 Å². The number of nitrogens with zero attached hydrogens (tertiary/aromatic N) is 3. The van der Waals surface area contributed by atoms with Crippen molar-refractivity contribution in [1.82, 2.24) is 14.0 Å². The summed E-state index contributed by atoms with van der Waals surface area (Å²) >= 11 is 5.89. The number of hydrogen-bond donors (Lipinski definition) is 1. The van der Waals surface area contributed by atoms with Crippen molar-refractivity contribution in [2.75, 3.05) is 18.8 Å². The normalized spacial score (nSPS) is 17.1. The number of benzene rings is 2. The van der Waals surface area contributed by atoms with Crippen LogP contribution in [0, 0.1) is 5.82 Å². The summed E-state index contributed by atoms with van der Waals surface area (Å²) in [5.41, 5.74) is 8.47. The second-order valence-electron chi connectivity index (χ2n) is 7.55. The summed E-state index contributed by atoms with van der Waals surface area (Å²) in [4.78, 5) is 27.4. The molecule has 0 radical (unpaired) electrons. The second-order valence-corrected chi connectivity index (χ2v) is 7.99. The summed E-state index contributed by atoms with van der Waals surface area (Å²) in [5.74, 6) is -0.563. The zero-order chi connectivity index (χ0) is 20.7. The number of nitrogens with two attached hydrogens (primary N) is 1. The van der Waals surface area contributed by atoms with Crippen LogP contribution in [0.3, 0.4) is 0 Å². The van der Waals surface area contributed by atoms with Crippen LogP contribution >= 0.6 is 11.6 Å². The van der Waals surface area contributed by atoms with Gasteiger partial charge in [0.2, 0.25) is 5.91 Å². The van der Waals surface area contributed by atoms with E-state index < -0.39 is 5.82 Å². The number of carbonyl (C=O) groups excluding carboxylic acids is 1. The van der Waals surface area contributed by atoms with Gasteiger partial charge in [0.05, 0.1) is 23.5 Å². The number of rotatable bonds is 3. The van der Waals surface area contributed by atoms with E-state index in [9.17, 15) is 14.0 Å². The molecule has 1 amide bonds. The number of hydrogen-bond acceptors (Lipinski definition) is 3. The first-order valence-corrected chi connectivity index (χ1v) is 9.90. The third kappa shape index (κ3) is 3.74. The van der Waals surface area contributed by atoms with Gasteiger partial charge < -0.3 is 10.6 Å². The van der Waals surface area contributed by atoms with Gasteiger partial charge >= 0.3 is 5.69 Å². The summed E-state index contributed by atoms with van der Waals surface area (Å²) in [6.07, 6.45) is 1.67. The number of piperidine rings is 1. The lowest BCUT2D eigenvalue weighted by Gasteiger charge is -2.33. The van der Waals surface area contributed by atoms with E-state index in [4.69, 9.17) is 17.3 Å². The zero-order valence-electron chi connectivity index (χ0n) is 16.1. The third-order valence-corrected chi connectivity index (χ3v) is 5.72. The van der Waals surface area contributed by atoms with E-state index in [1.807, 2.05) is 6.07 Å². The fourth-order valence-corrected chi connectivity index (χ4v) is 4.37. The Balaban J connectivity index is 1.59. The predicted octanol–water partition coefficient (Wildman–Crippen LogP) is 3.12. The van der Waals surface area contributed by atoms with Crippen LogP contribution in [0.2, 0.25) is 5.02 Å². The smallest absolute Gasteiger partial charge is 0.329 e. The molecule has 6 nitrogen and oxygen atoms in total. The molecule has 1 saturated heterocycles. The van der Waals surface area contributed by atoms with E-state index in [0.717, 1.165) is 23.9 Å². The Morgan fingerprint density at radius 1 is 1.24 bits per heavy atom. The molecule has 1 aliphatic rings. The Morgan fingerprint density at radius 3 is 2.79 bits per heavy atom. The highest BCUT2D eigenvalue weighted by Crippen LogP contribution is 2.26. The van der Waals surface area contributed by atoms with E-state index in [1.54, 1.807) is 39.3 Å². The molecule has 8 heteroatoms. The van der Waals surface area contributed by atoms with Crippen molar-refractivity contribution < 1.29 is 9.18 Å². The molecule has 0 aliphatic carbocycles. The van der Waals surface area contributed by atoms with E-state index in [0.29, 0.717) is 24.3 Å². The molecule has 2 aromatic carbocycles. The molecule has 29 heavy (non-hydrogen) atoms. The number of aryl methyl sites for hydroxylation is 1. The first kappa shape index (κ1) is 19.5. The molecule has 2 N–H and O–H groups in total. The third-order valence-electron chi connectivity index (χ3n) is 5.51. The summed E-state index contributed by atoms with van der Waals surface area (Å²) in [5, 5.41) is 0.269. The molecule has 4 rings (SSSR count). The average Bonchev–Trinajstić information content (AvgIpc) is 2.91. The predicted molar refractivity (Wildman–Crippen MR) is 112 cm³/mol. The highest BCUT2D eigenvalue weighted by molar-refractivity contribution is 6.30.